The van der Waals surface area contributed by atoms with E-state index < -0.39 is 11.9 Å². The van der Waals surface area contributed by atoms with Gasteiger partial charge in [-0.05, 0) is 77.5 Å². The Morgan fingerprint density at radius 2 is 1.86 bits per heavy atom. The van der Waals surface area contributed by atoms with Gasteiger partial charge in [-0.1, -0.05) is 45.7 Å². The number of H-pyrrole nitrogens is 1. The number of esters is 1. The van der Waals surface area contributed by atoms with Crippen LogP contribution in [-0.2, 0) is 0 Å². The highest BCUT2D eigenvalue weighted by Gasteiger charge is 2.22. The molecule has 0 saturated carbocycles. The summed E-state index contributed by atoms with van der Waals surface area (Å²) in [4.78, 5) is 29.8. The van der Waals surface area contributed by atoms with Crippen molar-refractivity contribution in [3.63, 3.8) is 0 Å². The molecule has 2 N–H and O–H groups in total. The third kappa shape index (κ3) is 6.03. The first kappa shape index (κ1) is 29.7. The van der Waals surface area contributed by atoms with Crippen molar-refractivity contribution >= 4 is 72.5 Å². The molecule has 0 aliphatic carbocycles. The molecular weight excluding hydrogens is 718 g/mol. The number of halogens is 3. The highest BCUT2D eigenvalue weighted by atomic mass is 79.9. The molecule has 5 aromatic rings. The Labute approximate surface area is 273 Å². The van der Waals surface area contributed by atoms with Gasteiger partial charge in [0.1, 0.15) is 11.4 Å². The quantitative estimate of drug-likeness (QED) is 0.0720. The number of fused-ring (bicyclic) bond motifs is 2. The van der Waals surface area contributed by atoms with Gasteiger partial charge in [-0.2, -0.15) is 5.10 Å². The molecule has 0 radical (unpaired) electrons. The highest BCUT2D eigenvalue weighted by molar-refractivity contribution is 9.11. The number of nitrogens with zero attached hydrogens (tertiary/aromatic N) is 1. The molecule has 1 aromatic heterocycles. The Morgan fingerprint density at radius 3 is 2.68 bits per heavy atom. The number of rotatable bonds is 8. The smallest absolute Gasteiger partial charge is 0.343 e. The normalized spacial score (nSPS) is 12.1. The molecule has 1 aliphatic rings. The molecule has 0 unspecified atom stereocenters. The minimum absolute atomic E-state index is 0.0884. The van der Waals surface area contributed by atoms with Crippen molar-refractivity contribution < 1.29 is 28.5 Å². The minimum atomic E-state index is -0.612. The zero-order valence-corrected chi connectivity index (χ0v) is 26.9. The molecule has 0 fully saturated rings. The molecule has 0 bridgehead atoms. The van der Waals surface area contributed by atoms with Gasteiger partial charge in [-0.3, -0.25) is 4.79 Å². The van der Waals surface area contributed by atoms with Gasteiger partial charge in [0.2, 0.25) is 6.79 Å². The van der Waals surface area contributed by atoms with Crippen molar-refractivity contribution in [2.75, 3.05) is 13.4 Å². The summed E-state index contributed by atoms with van der Waals surface area (Å²) in [6, 6.07) is 21.1. The second-order valence-electron chi connectivity index (χ2n) is 9.46. The first-order chi connectivity index (χ1) is 21.3. The largest absolute Gasteiger partial charge is 0.494 e. The van der Waals surface area contributed by atoms with Gasteiger partial charge < -0.3 is 23.9 Å². The van der Waals surface area contributed by atoms with E-state index in [0.717, 1.165) is 10.9 Å². The molecule has 44 heavy (non-hydrogen) atoms. The first-order valence-corrected chi connectivity index (χ1v) is 15.3. The van der Waals surface area contributed by atoms with Gasteiger partial charge in [0.25, 0.3) is 5.91 Å². The lowest BCUT2D eigenvalue weighted by Crippen LogP contribution is -2.19. The maximum absolute atomic E-state index is 13.5. The maximum Gasteiger partial charge on any atom is 0.343 e. The molecular formula is C32H22Br2ClN3O6. The number of nitrogens with one attached hydrogen (secondary N) is 2. The molecule has 6 rings (SSSR count). The van der Waals surface area contributed by atoms with E-state index in [-0.39, 0.29) is 23.8 Å². The van der Waals surface area contributed by atoms with Crippen molar-refractivity contribution in [2.45, 2.75) is 6.92 Å². The van der Waals surface area contributed by atoms with E-state index in [2.05, 4.69) is 47.4 Å². The summed E-state index contributed by atoms with van der Waals surface area (Å²) in [7, 11) is 0. The second-order valence-corrected chi connectivity index (χ2v) is 11.6. The van der Waals surface area contributed by atoms with Crippen LogP contribution in [0.3, 0.4) is 0 Å². The van der Waals surface area contributed by atoms with E-state index in [9.17, 15) is 9.59 Å². The third-order valence-corrected chi connectivity index (χ3v) is 8.04. The number of carbonyl (C=O) groups excluding carboxylic acids is 2. The Bertz CT molecular complexity index is 1960. The average molecular weight is 740 g/mol. The molecule has 0 atom stereocenters. The van der Waals surface area contributed by atoms with E-state index in [1.54, 1.807) is 36.4 Å². The fourth-order valence-corrected chi connectivity index (χ4v) is 6.29. The van der Waals surface area contributed by atoms with E-state index in [0.29, 0.717) is 54.5 Å². The summed E-state index contributed by atoms with van der Waals surface area (Å²) in [5, 5.41) is 5.45. The van der Waals surface area contributed by atoms with Crippen molar-refractivity contribution in [3.05, 3.63) is 104 Å². The van der Waals surface area contributed by atoms with Gasteiger partial charge in [-0.25, -0.2) is 10.2 Å². The zero-order chi connectivity index (χ0) is 30.8. The van der Waals surface area contributed by atoms with Crippen LogP contribution in [0, 0.1) is 0 Å². The Morgan fingerprint density at radius 1 is 1.05 bits per heavy atom. The Balaban J connectivity index is 1.29. The number of amides is 1. The molecule has 1 amide bonds. The molecule has 222 valence electrons. The number of carbonyl (C=O) groups is 2. The number of hydrogen-bond acceptors (Lipinski definition) is 7. The van der Waals surface area contributed by atoms with Gasteiger partial charge >= 0.3 is 5.97 Å². The van der Waals surface area contributed by atoms with Crippen LogP contribution in [0.25, 0.3) is 22.0 Å². The molecule has 1 aliphatic heterocycles. The Hall–Kier alpha value is -4.32. The zero-order valence-electron chi connectivity index (χ0n) is 23.0. The molecule has 9 nitrogen and oxygen atoms in total. The van der Waals surface area contributed by atoms with Crippen LogP contribution in [0.4, 0.5) is 0 Å². The van der Waals surface area contributed by atoms with Gasteiger partial charge in [0.15, 0.2) is 17.2 Å². The number of hydrazone groups is 1. The third-order valence-electron chi connectivity index (χ3n) is 6.66. The molecule has 2 heterocycles. The van der Waals surface area contributed by atoms with Crippen LogP contribution < -0.4 is 24.4 Å². The van der Waals surface area contributed by atoms with E-state index in [1.165, 1.54) is 6.21 Å². The number of aromatic amines is 1. The fraction of sp³-hybridized carbons (Fsp3) is 0.0938. The van der Waals surface area contributed by atoms with Crippen molar-refractivity contribution in [1.82, 2.24) is 10.4 Å². The average Bonchev–Trinajstić information content (AvgIpc) is 3.63. The van der Waals surface area contributed by atoms with Gasteiger partial charge in [0.05, 0.1) is 22.9 Å². The molecule has 4 aromatic carbocycles. The monoisotopic (exact) mass is 737 g/mol. The predicted molar refractivity (Wildman–Crippen MR) is 174 cm³/mol. The molecule has 0 spiro atoms. The summed E-state index contributed by atoms with van der Waals surface area (Å²) in [5.74, 6) is 0.774. The summed E-state index contributed by atoms with van der Waals surface area (Å²) < 4.78 is 23.3. The van der Waals surface area contributed by atoms with Crippen molar-refractivity contribution in [2.24, 2.45) is 5.10 Å². The lowest BCUT2D eigenvalue weighted by atomic mass is 10.0. The summed E-state index contributed by atoms with van der Waals surface area (Å²) >= 11 is 13.5. The number of benzene rings is 4. The van der Waals surface area contributed by atoms with E-state index >= 15 is 0 Å². The van der Waals surface area contributed by atoms with Crippen LogP contribution in [0.15, 0.2) is 86.8 Å². The number of hydrogen-bond donors (Lipinski definition) is 2. The van der Waals surface area contributed by atoms with E-state index in [4.69, 9.17) is 30.5 Å². The Kier molecular flexibility index (Phi) is 8.60. The lowest BCUT2D eigenvalue weighted by Gasteiger charge is -2.11. The van der Waals surface area contributed by atoms with Crippen molar-refractivity contribution in [1.29, 1.82) is 0 Å². The van der Waals surface area contributed by atoms with Crippen LogP contribution in [0.5, 0.6) is 23.0 Å². The van der Waals surface area contributed by atoms with Gasteiger partial charge in [0, 0.05) is 37.1 Å². The highest BCUT2D eigenvalue weighted by Crippen LogP contribution is 2.39. The second kappa shape index (κ2) is 12.7. The predicted octanol–water partition coefficient (Wildman–Crippen LogP) is 8.12. The van der Waals surface area contributed by atoms with Crippen LogP contribution >= 0.6 is 43.5 Å². The summed E-state index contributed by atoms with van der Waals surface area (Å²) in [5.41, 5.74) is 5.57. The lowest BCUT2D eigenvalue weighted by molar-refractivity contribution is 0.0732. The summed E-state index contributed by atoms with van der Waals surface area (Å²) in [6.07, 6.45) is 1.39. The number of aromatic nitrogens is 1. The molecule has 12 heteroatoms. The van der Waals surface area contributed by atoms with E-state index in [1.807, 2.05) is 43.3 Å². The standard InChI is InChI=1S/C32H22Br2ClN3O6/c1-2-41-20-8-9-25-22(14-20)28(21-5-3-4-6-24(21)35)29(37-25)31(39)38-36-15-18-11-19(33)13-23(34)30(18)44-32(40)17-7-10-26-27(12-17)43-16-42-26/h3-15,37H,2,16H2,1H3,(H,38,39). The fourth-order valence-electron chi connectivity index (χ4n) is 4.72. The topological polar surface area (TPSA) is 111 Å². The maximum atomic E-state index is 13.5. The summed E-state index contributed by atoms with van der Waals surface area (Å²) in [6.45, 7) is 2.49. The number of ether oxygens (including phenoxy) is 4. The SMILES string of the molecule is CCOc1ccc2[nH]c(C(=O)NN=Cc3cc(Br)cc(Br)c3OC(=O)c3ccc4c(c3)OCO4)c(-c3ccccc3Cl)c2c1. The minimum Gasteiger partial charge on any atom is -0.494 e. The van der Waals surface area contributed by atoms with Crippen LogP contribution in [-0.4, -0.2) is 36.5 Å². The first-order valence-electron chi connectivity index (χ1n) is 13.3. The van der Waals surface area contributed by atoms with Crippen molar-refractivity contribution in [3.8, 4) is 34.1 Å². The van der Waals surface area contributed by atoms with Crippen LogP contribution in [0.2, 0.25) is 5.02 Å². The molecule has 0 saturated heterocycles. The van der Waals surface area contributed by atoms with Gasteiger partial charge in [-0.15, -0.1) is 0 Å². The van der Waals surface area contributed by atoms with Crippen LogP contribution in [0.1, 0.15) is 33.3 Å².